The summed E-state index contributed by atoms with van der Waals surface area (Å²) in [4.78, 5) is 126. The van der Waals surface area contributed by atoms with E-state index in [-0.39, 0.29) is 141 Å². The number of halogens is 2. The first kappa shape index (κ1) is 93.8. The number of allylic oxidation sites excluding steroid dienone is 5. The molecule has 5 aliphatic carbocycles. The third-order valence-corrected chi connectivity index (χ3v) is 26.1. The van der Waals surface area contributed by atoms with Crippen LogP contribution in [0.15, 0.2) is 83.7 Å². The zero-order valence-corrected chi connectivity index (χ0v) is 71.3. The Balaban J connectivity index is 0.586. The summed E-state index contributed by atoms with van der Waals surface area (Å²) in [7, 11) is 1.93. The minimum absolute atomic E-state index is 0.0000869. The average molecular weight is 1730 g/mol. The summed E-state index contributed by atoms with van der Waals surface area (Å²) in [5.41, 5.74) is 11.8. The third kappa shape index (κ3) is 20.4. The largest absolute Gasteiger partial charge is 0.394 e. The standard InChI is InChI=1S/C87H124F2N12O22/c1-8-18-73-122-68-44-56-57-43-59(88)58-42-53(103)28-30-84(58,5)86(57,89)66(105)45-85(56,6)87(68,123-73)67(106)46-92-81(114)51(4)41-63(104)74(50(2)3)94-82(115)60(22-16-17-31-90-71(109)49-120-64-25-11-9-10-24-62-76(64)96-98-101(62)83-80(113)79(112)78(111)65(48-102)121-83)93-70(108)29-33-116-35-37-118-39-40-119-38-36-117-34-32-91-69(107)26-27-72(110)100-47-52-19-12-13-20-54(52)77-75(95-97-99(77)7)55-21-14-15-23-61(55)100/h12-15,19-21,23,28,30,42,50-51,56-57,59-60,64-66,68,73-74,78-80,83,95-98,102,105,111-113H,8-11,16-18,22,24-27,29,31-41,43-49H2,1-7H3,(H,90,109)(H,91,107)(H,92,114)(H,93,108)(H,94,115)/t51-,56+,57+,59+,60-,64?,65-,66+,68-,73?,74+,78+,79+,80-,83-,84+,85+,86+,87-/m1/s1. The number of nitrogens with zero attached hydrogens (tertiary/aromatic N) is 3. The number of para-hydroxylation sites is 1. The molecule has 0 aromatic heterocycles. The summed E-state index contributed by atoms with van der Waals surface area (Å²) in [5, 5.41) is 71.3. The quantitative estimate of drug-likeness (QED) is 0.0426. The molecule has 3 saturated carbocycles. The number of hydrogen-bond donors (Lipinski definition) is 14. The van der Waals surface area contributed by atoms with Crippen LogP contribution in [0, 0.1) is 34.5 Å². The number of unbranched alkanes of at least 4 members (excludes halogenated alkanes) is 1. The highest BCUT2D eigenvalue weighted by Gasteiger charge is 2.80. The van der Waals surface area contributed by atoms with Crippen LogP contribution in [0.2, 0.25) is 0 Å². The second kappa shape index (κ2) is 41.9. The molecule has 34 nitrogen and oxygen atoms in total. The average Bonchev–Trinajstić information content (AvgIpc) is 1.51. The zero-order chi connectivity index (χ0) is 88.1. The summed E-state index contributed by atoms with van der Waals surface area (Å²) < 4.78 is 82.4. The number of fused-ring (bicyclic) bond motifs is 11. The number of aliphatic hydroxyl groups excluding tert-OH is 5. The number of Topliss-reactive ketones (excluding diaryl/α,β-unsaturated/α-hetero) is 2. The van der Waals surface area contributed by atoms with Gasteiger partial charge in [0, 0.05) is 79.6 Å². The van der Waals surface area contributed by atoms with Crippen LogP contribution < -0.4 is 53.4 Å². The number of benzene rings is 2. The van der Waals surface area contributed by atoms with Crippen molar-refractivity contribution in [1.82, 2.24) is 58.5 Å². The van der Waals surface area contributed by atoms with Gasteiger partial charge in [0.15, 0.2) is 41.1 Å². The Morgan fingerprint density at radius 2 is 1.45 bits per heavy atom. The number of aliphatic hydroxyl groups is 5. The summed E-state index contributed by atoms with van der Waals surface area (Å²) in [6.45, 7) is 10.7. The first-order valence-electron chi connectivity index (χ1n) is 43.5. The van der Waals surface area contributed by atoms with Crippen LogP contribution in [0.1, 0.15) is 167 Å². The molecule has 36 heteroatoms. The first-order valence-corrected chi connectivity index (χ1v) is 43.5. The maximum atomic E-state index is 18.2. The maximum Gasteiger partial charge on any atom is 0.246 e. The van der Waals surface area contributed by atoms with E-state index >= 15 is 13.6 Å². The van der Waals surface area contributed by atoms with Gasteiger partial charge in [0.25, 0.3) is 0 Å². The van der Waals surface area contributed by atoms with E-state index in [4.69, 9.17) is 37.9 Å². The fourth-order valence-corrected chi connectivity index (χ4v) is 19.6. The van der Waals surface area contributed by atoms with Crippen molar-refractivity contribution >= 4 is 69.9 Å². The fourth-order valence-electron chi connectivity index (χ4n) is 19.6. The monoisotopic (exact) mass is 1730 g/mol. The van der Waals surface area contributed by atoms with Gasteiger partial charge in [-0.2, -0.15) is 0 Å². The van der Waals surface area contributed by atoms with Crippen molar-refractivity contribution in [3.05, 3.63) is 100 Å². The molecule has 14 N–H and O–H groups in total. The highest BCUT2D eigenvalue weighted by Crippen LogP contribution is 2.72. The second-order valence-electron chi connectivity index (χ2n) is 34.5. The van der Waals surface area contributed by atoms with E-state index in [0.717, 1.165) is 59.1 Å². The van der Waals surface area contributed by atoms with Crippen LogP contribution in [-0.4, -0.2) is 266 Å². The van der Waals surface area contributed by atoms with Crippen LogP contribution in [0.5, 0.6) is 0 Å². The molecule has 2 saturated heterocycles. The number of anilines is 1. The van der Waals surface area contributed by atoms with Gasteiger partial charge in [-0.25, -0.2) is 8.78 Å². The molecule has 12 rings (SSSR count). The molecule has 2 aromatic carbocycles. The van der Waals surface area contributed by atoms with Crippen molar-refractivity contribution in [2.24, 2.45) is 34.5 Å². The molecule has 5 fully saturated rings. The number of amides is 6. The van der Waals surface area contributed by atoms with Gasteiger partial charge in [-0.1, -0.05) is 102 Å². The lowest BCUT2D eigenvalue weighted by molar-refractivity contribution is -0.266. The Morgan fingerprint density at radius 1 is 0.740 bits per heavy atom. The lowest BCUT2D eigenvalue weighted by atomic mass is 9.44. The molecule has 0 spiro atoms. The number of hydrazine groups is 4. The van der Waals surface area contributed by atoms with Crippen molar-refractivity contribution in [1.29, 1.82) is 0 Å². The molecular formula is C87H124F2N12O22. The first-order chi connectivity index (χ1) is 59.0. The molecule has 0 radical (unpaired) electrons. The van der Waals surface area contributed by atoms with E-state index in [9.17, 15) is 63.9 Å². The lowest BCUT2D eigenvalue weighted by Gasteiger charge is -2.63. The molecule has 6 amide bonds. The lowest BCUT2D eigenvalue weighted by Crippen LogP contribution is -2.71. The number of ketones is 3. The van der Waals surface area contributed by atoms with E-state index in [1.807, 2.05) is 67.5 Å². The molecular weight excluding hydrogens is 1600 g/mol. The number of hydrogen-bond acceptors (Lipinski definition) is 28. The highest BCUT2D eigenvalue weighted by atomic mass is 19.1. The zero-order valence-electron chi connectivity index (χ0n) is 71.3. The SMILES string of the molecule is CCCC1O[C@@H]2C[C@H]3[C@@H]4C[C@H](F)C5=CC(=O)C=C[C@]5(C)[C@@]4(F)[C@@H](O)C[C@]3(C)[C@]2(C(=O)CNC(=O)[C@H](C)CC(=O)[C@@H](NC(=O)[C@@H](CCCCNC(=O)COC2CCCCCC3=C2NNN3[C@@H]2O[C@H](CO)[C@H](O)[C@H](O)[C@H]2O)NC(=O)CCOCCOCCOCCOCCNC(=O)CCC(=O)N2Cc3ccccc3C3=C(NNN3C)c3ccccc32)C(C)C)O1. The predicted octanol–water partition coefficient (Wildman–Crippen LogP) is 2.75. The van der Waals surface area contributed by atoms with Gasteiger partial charge in [-0.3, -0.25) is 53.2 Å². The summed E-state index contributed by atoms with van der Waals surface area (Å²) >= 11 is 0. The summed E-state index contributed by atoms with van der Waals surface area (Å²) in [6.07, 6.45) is -5.26. The van der Waals surface area contributed by atoms with Gasteiger partial charge >= 0.3 is 0 Å². The number of ether oxygens (including phenoxy) is 8. The van der Waals surface area contributed by atoms with E-state index in [2.05, 4.69) is 48.5 Å². The smallest absolute Gasteiger partial charge is 0.246 e. The third-order valence-electron chi connectivity index (χ3n) is 26.1. The molecule has 2 unspecified atom stereocenters. The number of alkyl halides is 2. The number of carbonyl (C=O) groups excluding carboxylic acids is 9. The Labute approximate surface area is 715 Å². The molecule has 2 aromatic rings. The Hall–Kier alpha value is -8.31. The van der Waals surface area contributed by atoms with Crippen molar-refractivity contribution in [2.45, 2.75) is 242 Å². The van der Waals surface area contributed by atoms with Gasteiger partial charge in [0.1, 0.15) is 49.3 Å². The van der Waals surface area contributed by atoms with Crippen LogP contribution in [-0.2, 0) is 87.6 Å². The minimum Gasteiger partial charge on any atom is -0.394 e. The van der Waals surface area contributed by atoms with E-state index in [1.54, 1.807) is 25.7 Å². The van der Waals surface area contributed by atoms with E-state index < -0.39 is 173 Å². The van der Waals surface area contributed by atoms with Crippen LogP contribution in [0.4, 0.5) is 14.5 Å². The molecule has 678 valence electrons. The topological polar surface area (TPSA) is 447 Å². The van der Waals surface area contributed by atoms with Gasteiger partial charge in [0.05, 0.1) is 119 Å². The molecule has 10 aliphatic rings. The normalized spacial score (nSPS) is 30.1. The van der Waals surface area contributed by atoms with Crippen LogP contribution >= 0.6 is 0 Å². The summed E-state index contributed by atoms with van der Waals surface area (Å²) in [5.74, 6) is -7.88. The minimum atomic E-state index is -2.43. The fraction of sp³-hybridized carbons (Fsp3) is 0.667. The number of nitrogens with one attached hydrogen (secondary N) is 9. The van der Waals surface area contributed by atoms with Gasteiger partial charge in [-0.05, 0) is 112 Å². The van der Waals surface area contributed by atoms with Crippen molar-refractivity contribution in [3.8, 4) is 0 Å². The molecule has 5 aliphatic heterocycles. The number of carbonyl (C=O) groups is 9. The van der Waals surface area contributed by atoms with Crippen molar-refractivity contribution in [2.75, 3.05) is 97.7 Å². The second-order valence-corrected chi connectivity index (χ2v) is 34.5. The molecule has 0 bridgehead atoms. The van der Waals surface area contributed by atoms with Crippen LogP contribution in [0.25, 0.3) is 11.4 Å². The van der Waals surface area contributed by atoms with E-state index in [1.165, 1.54) is 31.0 Å². The van der Waals surface area contributed by atoms with Gasteiger partial charge < -0.3 is 106 Å². The van der Waals surface area contributed by atoms with Crippen molar-refractivity contribution in [3.63, 3.8) is 0 Å². The highest BCUT2D eigenvalue weighted by molar-refractivity contribution is 6.03. The molecule has 5 heterocycles. The van der Waals surface area contributed by atoms with Gasteiger partial charge in [-0.15, -0.1) is 11.1 Å². The summed E-state index contributed by atoms with van der Waals surface area (Å²) in [6, 6.07) is 13.3. The predicted molar refractivity (Wildman–Crippen MR) is 441 cm³/mol. The maximum absolute atomic E-state index is 18.2. The Morgan fingerprint density at radius 3 is 2.18 bits per heavy atom. The van der Waals surface area contributed by atoms with Crippen molar-refractivity contribution < 1.29 is 115 Å². The Kier molecular flexibility index (Phi) is 31.9. The molecule has 123 heavy (non-hydrogen) atoms. The Bertz CT molecular complexity index is 4250. The number of rotatable bonds is 41. The van der Waals surface area contributed by atoms with Gasteiger partial charge in [0.2, 0.25) is 35.4 Å². The van der Waals surface area contributed by atoms with E-state index in [0.29, 0.717) is 56.5 Å². The molecule has 19 atom stereocenters. The van der Waals surface area contributed by atoms with Crippen LogP contribution in [0.3, 0.4) is 0 Å².